The minimum Gasteiger partial charge on any atom is -0.393 e. The molecule has 2 amide bonds. The smallest absolute Gasteiger partial charge is 0.222 e. The molecule has 0 aliphatic heterocycles. The third kappa shape index (κ3) is 40.3. The Bertz CT molecular complexity index is 728. The van der Waals surface area contributed by atoms with Gasteiger partial charge in [0.05, 0.1) is 6.10 Å². The van der Waals surface area contributed by atoms with Crippen molar-refractivity contribution in [1.29, 1.82) is 0 Å². The predicted molar refractivity (Wildman–Crippen MR) is 256 cm³/mol. The number of nitrogens with zero attached hydrogens (tertiary/aromatic N) is 2. The van der Waals surface area contributed by atoms with E-state index in [1.807, 2.05) is 0 Å². The molecule has 0 rings (SSSR count). The van der Waals surface area contributed by atoms with E-state index in [2.05, 4.69) is 37.5 Å². The second-order valence-electron chi connectivity index (χ2n) is 18.5. The molecular formula is C53H106N2O3. The van der Waals surface area contributed by atoms with E-state index in [-0.39, 0.29) is 6.10 Å². The summed E-state index contributed by atoms with van der Waals surface area (Å²) < 4.78 is 0. The van der Waals surface area contributed by atoms with Crippen LogP contribution in [0.4, 0.5) is 0 Å². The van der Waals surface area contributed by atoms with Crippen LogP contribution in [0.2, 0.25) is 0 Å². The highest BCUT2D eigenvalue weighted by molar-refractivity contribution is 5.76. The van der Waals surface area contributed by atoms with E-state index < -0.39 is 0 Å². The van der Waals surface area contributed by atoms with Crippen LogP contribution in [0.15, 0.2) is 0 Å². The number of carbonyl (C=O) groups excluding carboxylic acids is 2. The SMILES string of the molecule is CCCCCCCCCCN(CCCCCCCCCC)C(=O)CCCCCC(O)CCCCCC(=O)N(CCCCCCCCCC)CCCCCCCCCC. The molecule has 0 saturated carbocycles. The number of aliphatic hydroxyl groups is 1. The molecule has 0 bridgehead atoms. The summed E-state index contributed by atoms with van der Waals surface area (Å²) in [6.45, 7) is 12.9. The van der Waals surface area contributed by atoms with Gasteiger partial charge in [0.1, 0.15) is 0 Å². The quantitative estimate of drug-likeness (QED) is 0.0622. The molecule has 5 heteroatoms. The topological polar surface area (TPSA) is 60.9 Å². The molecule has 0 aliphatic carbocycles. The van der Waals surface area contributed by atoms with E-state index in [9.17, 15) is 14.7 Å². The second kappa shape index (κ2) is 47.0. The van der Waals surface area contributed by atoms with Gasteiger partial charge in [0.15, 0.2) is 0 Å². The normalized spacial score (nSPS) is 11.6. The highest BCUT2D eigenvalue weighted by Gasteiger charge is 2.15. The molecule has 0 aromatic rings. The van der Waals surface area contributed by atoms with E-state index >= 15 is 0 Å². The van der Waals surface area contributed by atoms with Crippen LogP contribution in [0, 0.1) is 0 Å². The van der Waals surface area contributed by atoms with Gasteiger partial charge in [-0.05, 0) is 51.4 Å². The van der Waals surface area contributed by atoms with E-state index in [0.717, 1.165) is 103 Å². The van der Waals surface area contributed by atoms with Gasteiger partial charge in [-0.15, -0.1) is 0 Å². The van der Waals surface area contributed by atoms with Crippen molar-refractivity contribution in [3.05, 3.63) is 0 Å². The Morgan fingerprint density at radius 1 is 0.310 bits per heavy atom. The Balaban J connectivity index is 4.40. The Labute approximate surface area is 364 Å². The number of aliphatic hydroxyl groups excluding tert-OH is 1. The summed E-state index contributed by atoms with van der Waals surface area (Å²) in [5.74, 6) is 0.713. The Kier molecular flexibility index (Phi) is 46.1. The molecule has 0 fully saturated rings. The first-order valence-electron chi connectivity index (χ1n) is 26.7. The predicted octanol–water partition coefficient (Wildman–Crippen LogP) is 16.5. The van der Waals surface area contributed by atoms with Crippen molar-refractivity contribution in [2.75, 3.05) is 26.2 Å². The zero-order valence-corrected chi connectivity index (χ0v) is 40.3. The maximum Gasteiger partial charge on any atom is 0.222 e. The highest BCUT2D eigenvalue weighted by atomic mass is 16.3. The lowest BCUT2D eigenvalue weighted by atomic mass is 10.0. The minimum absolute atomic E-state index is 0.257. The van der Waals surface area contributed by atoms with E-state index in [4.69, 9.17) is 0 Å². The number of rotatable bonds is 48. The Hall–Kier alpha value is -1.10. The van der Waals surface area contributed by atoms with Crippen molar-refractivity contribution in [2.45, 2.75) is 303 Å². The van der Waals surface area contributed by atoms with Gasteiger partial charge < -0.3 is 14.9 Å². The average Bonchev–Trinajstić information content (AvgIpc) is 3.22. The van der Waals surface area contributed by atoms with Gasteiger partial charge >= 0.3 is 0 Å². The first kappa shape index (κ1) is 56.9. The first-order valence-corrected chi connectivity index (χ1v) is 26.7. The van der Waals surface area contributed by atoms with Crippen LogP contribution in [0.3, 0.4) is 0 Å². The van der Waals surface area contributed by atoms with Crippen molar-refractivity contribution in [2.24, 2.45) is 0 Å². The summed E-state index contributed by atoms with van der Waals surface area (Å²) in [5, 5.41) is 10.7. The number of amides is 2. The molecule has 0 heterocycles. The lowest BCUT2D eigenvalue weighted by molar-refractivity contribution is -0.132. The lowest BCUT2D eigenvalue weighted by Crippen LogP contribution is -2.32. The third-order valence-corrected chi connectivity index (χ3v) is 12.7. The molecule has 0 saturated heterocycles. The molecule has 0 aromatic heterocycles. The maximum absolute atomic E-state index is 13.3. The molecule has 1 N–H and O–H groups in total. The van der Waals surface area contributed by atoms with Gasteiger partial charge in [-0.2, -0.15) is 0 Å². The summed E-state index contributed by atoms with van der Waals surface area (Å²) in [6.07, 6.45) is 50.4. The Morgan fingerprint density at radius 3 is 0.759 bits per heavy atom. The van der Waals surface area contributed by atoms with Crippen molar-refractivity contribution < 1.29 is 14.7 Å². The third-order valence-electron chi connectivity index (χ3n) is 12.7. The summed E-state index contributed by atoms with van der Waals surface area (Å²) in [6, 6.07) is 0. The van der Waals surface area contributed by atoms with Crippen LogP contribution in [0.25, 0.3) is 0 Å². The number of unbranched alkanes of at least 4 members (excludes halogenated alkanes) is 32. The van der Waals surface area contributed by atoms with Crippen molar-refractivity contribution in [3.63, 3.8) is 0 Å². The van der Waals surface area contributed by atoms with Crippen molar-refractivity contribution in [3.8, 4) is 0 Å². The minimum atomic E-state index is -0.257. The molecule has 5 nitrogen and oxygen atoms in total. The van der Waals surface area contributed by atoms with Gasteiger partial charge in [-0.25, -0.2) is 0 Å². The zero-order valence-electron chi connectivity index (χ0n) is 40.3. The molecule has 0 radical (unpaired) electrons. The second-order valence-corrected chi connectivity index (χ2v) is 18.5. The number of hydrogen-bond donors (Lipinski definition) is 1. The largest absolute Gasteiger partial charge is 0.393 e. The molecule has 0 aromatic carbocycles. The van der Waals surface area contributed by atoms with Crippen LogP contribution in [0.1, 0.15) is 297 Å². The van der Waals surface area contributed by atoms with Gasteiger partial charge in [0.2, 0.25) is 11.8 Å². The number of hydrogen-bond acceptors (Lipinski definition) is 3. The van der Waals surface area contributed by atoms with E-state index in [1.165, 1.54) is 180 Å². The molecule has 346 valence electrons. The molecule has 0 atom stereocenters. The van der Waals surface area contributed by atoms with Crippen LogP contribution in [0.5, 0.6) is 0 Å². The lowest BCUT2D eigenvalue weighted by Gasteiger charge is -2.23. The summed E-state index contributed by atoms with van der Waals surface area (Å²) in [7, 11) is 0. The van der Waals surface area contributed by atoms with Gasteiger partial charge in [0, 0.05) is 39.0 Å². The molecule has 0 unspecified atom stereocenters. The first-order chi connectivity index (χ1) is 28.5. The summed E-state index contributed by atoms with van der Waals surface area (Å²) in [5.41, 5.74) is 0. The summed E-state index contributed by atoms with van der Waals surface area (Å²) >= 11 is 0. The zero-order chi connectivity index (χ0) is 42.4. The average molecular weight is 819 g/mol. The van der Waals surface area contributed by atoms with Crippen LogP contribution in [-0.4, -0.2) is 59.0 Å². The molecular weight excluding hydrogens is 713 g/mol. The monoisotopic (exact) mass is 819 g/mol. The fraction of sp³-hybridized carbons (Fsp3) is 0.962. The number of carbonyl (C=O) groups is 2. The van der Waals surface area contributed by atoms with Gasteiger partial charge in [-0.3, -0.25) is 9.59 Å². The summed E-state index contributed by atoms with van der Waals surface area (Å²) in [4.78, 5) is 31.0. The van der Waals surface area contributed by atoms with Crippen LogP contribution >= 0.6 is 0 Å². The van der Waals surface area contributed by atoms with Crippen molar-refractivity contribution >= 4 is 11.8 Å². The van der Waals surface area contributed by atoms with Gasteiger partial charge in [-0.1, -0.05) is 233 Å². The fourth-order valence-corrected chi connectivity index (χ4v) is 8.60. The highest BCUT2D eigenvalue weighted by Crippen LogP contribution is 2.17. The van der Waals surface area contributed by atoms with E-state index in [1.54, 1.807) is 0 Å². The van der Waals surface area contributed by atoms with Gasteiger partial charge in [0.25, 0.3) is 0 Å². The van der Waals surface area contributed by atoms with Crippen molar-refractivity contribution in [1.82, 2.24) is 9.80 Å². The van der Waals surface area contributed by atoms with Crippen LogP contribution in [-0.2, 0) is 9.59 Å². The maximum atomic E-state index is 13.3. The molecule has 58 heavy (non-hydrogen) atoms. The Morgan fingerprint density at radius 2 is 0.517 bits per heavy atom. The molecule has 0 aliphatic rings. The fourth-order valence-electron chi connectivity index (χ4n) is 8.60. The van der Waals surface area contributed by atoms with Crippen LogP contribution < -0.4 is 0 Å². The van der Waals surface area contributed by atoms with E-state index in [0.29, 0.717) is 24.7 Å². The molecule has 0 spiro atoms. The standard InChI is InChI=1S/C53H106N2O3/c1-5-9-13-17-21-25-29-39-47-54(48-40-30-26-22-18-14-10-6-2)52(57)45-37-33-35-43-51(56)44-36-34-38-46-53(58)55(49-41-31-27-23-19-15-11-7-3)50-42-32-28-24-20-16-12-8-4/h51,56H,5-50H2,1-4H3.